The Morgan fingerprint density at radius 3 is 2.75 bits per heavy atom. The maximum absolute atomic E-state index is 12.8. The molecule has 8 heteroatoms. The topological polar surface area (TPSA) is 97.3 Å². The van der Waals surface area contributed by atoms with E-state index in [4.69, 9.17) is 4.74 Å². The summed E-state index contributed by atoms with van der Waals surface area (Å²) in [7, 11) is 0. The summed E-state index contributed by atoms with van der Waals surface area (Å²) in [5.41, 5.74) is 2.10. The molecule has 4 rings (SSSR count). The number of ether oxygens (including phenoxy) is 1. The van der Waals surface area contributed by atoms with Crippen LogP contribution in [0.2, 0.25) is 0 Å². The molecule has 0 saturated carbocycles. The highest BCUT2D eigenvalue weighted by Crippen LogP contribution is 2.24. The lowest BCUT2D eigenvalue weighted by atomic mass is 9.90. The van der Waals surface area contributed by atoms with Crippen molar-refractivity contribution in [1.29, 1.82) is 0 Å². The summed E-state index contributed by atoms with van der Waals surface area (Å²) in [4.78, 5) is 40.4. The summed E-state index contributed by atoms with van der Waals surface area (Å²) < 4.78 is 5.61. The fourth-order valence-electron chi connectivity index (χ4n) is 4.42. The number of aryl methyl sites for hydroxylation is 1. The number of hydrogen-bond donors (Lipinski definition) is 1. The van der Waals surface area contributed by atoms with Crippen LogP contribution in [-0.2, 0) is 22.5 Å². The molecule has 170 valence electrons. The van der Waals surface area contributed by atoms with E-state index in [1.165, 1.54) is 0 Å². The molecule has 2 amide bonds. The molecule has 0 spiro atoms. The summed E-state index contributed by atoms with van der Waals surface area (Å²) in [6.07, 6.45) is 8.49. The number of rotatable bonds is 7. The van der Waals surface area contributed by atoms with Crippen LogP contribution in [0.3, 0.4) is 0 Å². The van der Waals surface area contributed by atoms with Crippen molar-refractivity contribution < 1.29 is 14.3 Å². The van der Waals surface area contributed by atoms with Gasteiger partial charge in [-0.05, 0) is 57.1 Å². The molecule has 0 unspecified atom stereocenters. The minimum absolute atomic E-state index is 0.0939. The van der Waals surface area contributed by atoms with Crippen LogP contribution < -0.4 is 5.32 Å². The van der Waals surface area contributed by atoms with Gasteiger partial charge in [0.1, 0.15) is 5.82 Å². The number of amides is 2. The summed E-state index contributed by atoms with van der Waals surface area (Å²) in [5, 5.41) is 2.92. The summed E-state index contributed by atoms with van der Waals surface area (Å²) >= 11 is 0. The number of nitrogens with one attached hydrogen (secondary N) is 1. The predicted octanol–water partition coefficient (Wildman–Crippen LogP) is 2.46. The molecule has 0 bridgehead atoms. The van der Waals surface area contributed by atoms with Gasteiger partial charge in [-0.2, -0.15) is 0 Å². The molecule has 8 nitrogen and oxygen atoms in total. The molecule has 0 radical (unpaired) electrons. The first-order valence-corrected chi connectivity index (χ1v) is 11.5. The fourth-order valence-corrected chi connectivity index (χ4v) is 4.42. The first-order chi connectivity index (χ1) is 15.6. The zero-order chi connectivity index (χ0) is 22.3. The van der Waals surface area contributed by atoms with Gasteiger partial charge in [-0.25, -0.2) is 9.97 Å². The Balaban J connectivity index is 1.32. The van der Waals surface area contributed by atoms with Crippen molar-refractivity contribution in [3.05, 3.63) is 53.4 Å². The second-order valence-electron chi connectivity index (χ2n) is 8.65. The average molecular weight is 438 g/mol. The van der Waals surface area contributed by atoms with E-state index in [-0.39, 0.29) is 17.9 Å². The van der Waals surface area contributed by atoms with Gasteiger partial charge in [-0.1, -0.05) is 6.07 Å². The van der Waals surface area contributed by atoms with Crippen LogP contribution >= 0.6 is 0 Å². The van der Waals surface area contributed by atoms with Crippen LogP contribution in [-0.4, -0.2) is 57.5 Å². The lowest BCUT2D eigenvalue weighted by molar-refractivity contribution is -0.134. The Bertz CT molecular complexity index is 922. The average Bonchev–Trinajstić information content (AvgIpc) is 3.32. The summed E-state index contributed by atoms with van der Waals surface area (Å²) in [6, 6.07) is 5.62. The van der Waals surface area contributed by atoms with Crippen molar-refractivity contribution in [3.63, 3.8) is 0 Å². The van der Waals surface area contributed by atoms with E-state index >= 15 is 0 Å². The first-order valence-electron chi connectivity index (χ1n) is 11.5. The normalized spacial score (nSPS) is 19.2. The number of carbonyl (C=O) groups excluding carboxylic acids is 2. The highest BCUT2D eigenvalue weighted by Gasteiger charge is 2.27. The van der Waals surface area contributed by atoms with Crippen LogP contribution in [0.25, 0.3) is 0 Å². The monoisotopic (exact) mass is 437 g/mol. The van der Waals surface area contributed by atoms with E-state index in [2.05, 4.69) is 20.3 Å². The van der Waals surface area contributed by atoms with Crippen molar-refractivity contribution in [2.24, 2.45) is 5.92 Å². The van der Waals surface area contributed by atoms with Crippen molar-refractivity contribution in [1.82, 2.24) is 25.2 Å². The standard InChI is InChI=1S/C24H31N5O3/c1-17-26-16-21(24(31)27-15-19-5-2-3-9-25-19)22(28-17)13-18-7-10-29(11-8-18)23(30)14-20-6-4-12-32-20/h2-3,5,9,16,18,20H,4,6-8,10-15H2,1H3,(H,27,31)/t20-/m1/s1. The van der Waals surface area contributed by atoms with Crippen LogP contribution in [0.5, 0.6) is 0 Å². The largest absolute Gasteiger partial charge is 0.378 e. The van der Waals surface area contributed by atoms with Gasteiger partial charge < -0.3 is 15.0 Å². The van der Waals surface area contributed by atoms with Gasteiger partial charge in [0.25, 0.3) is 5.91 Å². The Morgan fingerprint density at radius 1 is 1.19 bits per heavy atom. The quantitative estimate of drug-likeness (QED) is 0.715. The zero-order valence-corrected chi connectivity index (χ0v) is 18.6. The molecule has 2 aromatic rings. The minimum Gasteiger partial charge on any atom is -0.378 e. The van der Waals surface area contributed by atoms with Gasteiger partial charge >= 0.3 is 0 Å². The van der Waals surface area contributed by atoms with Crippen LogP contribution in [0.4, 0.5) is 0 Å². The van der Waals surface area contributed by atoms with Gasteiger partial charge in [0.05, 0.1) is 36.0 Å². The highest BCUT2D eigenvalue weighted by molar-refractivity contribution is 5.94. The van der Waals surface area contributed by atoms with E-state index in [1.807, 2.05) is 30.0 Å². The number of nitrogens with zero attached hydrogens (tertiary/aromatic N) is 4. The lowest BCUT2D eigenvalue weighted by Gasteiger charge is -2.32. The molecule has 1 N–H and O–H groups in total. The molecule has 0 aromatic carbocycles. The molecule has 32 heavy (non-hydrogen) atoms. The molecular formula is C24H31N5O3. The SMILES string of the molecule is Cc1ncc(C(=O)NCc2ccccn2)c(CC2CCN(C(=O)C[C@H]3CCCO3)CC2)n1. The maximum atomic E-state index is 12.8. The van der Waals surface area contributed by atoms with E-state index in [0.717, 1.165) is 56.8 Å². The van der Waals surface area contributed by atoms with Crippen LogP contribution in [0.15, 0.2) is 30.6 Å². The smallest absolute Gasteiger partial charge is 0.255 e. The summed E-state index contributed by atoms with van der Waals surface area (Å²) in [5.74, 6) is 1.06. The van der Waals surface area contributed by atoms with Gasteiger partial charge in [0, 0.05) is 32.1 Å². The number of aromatic nitrogens is 3. The van der Waals surface area contributed by atoms with Crippen molar-refractivity contribution in [2.45, 2.75) is 58.1 Å². The van der Waals surface area contributed by atoms with Gasteiger partial charge in [-0.15, -0.1) is 0 Å². The minimum atomic E-state index is -0.185. The molecule has 2 aliphatic heterocycles. The van der Waals surface area contributed by atoms with Crippen molar-refractivity contribution in [2.75, 3.05) is 19.7 Å². The van der Waals surface area contributed by atoms with Crippen LogP contribution in [0, 0.1) is 12.8 Å². The Kier molecular flexibility index (Phi) is 7.42. The third-order valence-corrected chi connectivity index (χ3v) is 6.26. The fraction of sp³-hybridized carbons (Fsp3) is 0.542. The van der Waals surface area contributed by atoms with Crippen LogP contribution in [0.1, 0.15) is 59.7 Å². The second-order valence-corrected chi connectivity index (χ2v) is 8.65. The van der Waals surface area contributed by atoms with E-state index in [1.54, 1.807) is 12.4 Å². The lowest BCUT2D eigenvalue weighted by Crippen LogP contribution is -2.40. The Hall–Kier alpha value is -2.87. The molecule has 2 aromatic heterocycles. The third-order valence-electron chi connectivity index (χ3n) is 6.26. The molecule has 4 heterocycles. The zero-order valence-electron chi connectivity index (χ0n) is 18.6. The van der Waals surface area contributed by atoms with Gasteiger partial charge in [0.15, 0.2) is 0 Å². The number of hydrogen-bond acceptors (Lipinski definition) is 6. The van der Waals surface area contributed by atoms with Crippen molar-refractivity contribution >= 4 is 11.8 Å². The highest BCUT2D eigenvalue weighted by atomic mass is 16.5. The van der Waals surface area contributed by atoms with Gasteiger partial charge in [-0.3, -0.25) is 14.6 Å². The van der Waals surface area contributed by atoms with Gasteiger partial charge in [0.2, 0.25) is 5.91 Å². The molecule has 2 saturated heterocycles. The first kappa shape index (κ1) is 22.3. The van der Waals surface area contributed by atoms with E-state index in [9.17, 15) is 9.59 Å². The summed E-state index contributed by atoms with van der Waals surface area (Å²) in [6.45, 7) is 4.47. The third kappa shape index (κ3) is 5.88. The molecular weight excluding hydrogens is 406 g/mol. The molecule has 2 fully saturated rings. The molecule has 2 aliphatic rings. The van der Waals surface area contributed by atoms with E-state index in [0.29, 0.717) is 36.7 Å². The van der Waals surface area contributed by atoms with Crippen molar-refractivity contribution in [3.8, 4) is 0 Å². The number of likely N-dealkylation sites (tertiary alicyclic amines) is 1. The predicted molar refractivity (Wildman–Crippen MR) is 119 cm³/mol. The molecule has 0 aliphatic carbocycles. The number of carbonyl (C=O) groups is 2. The second kappa shape index (κ2) is 10.6. The Morgan fingerprint density at radius 2 is 2.03 bits per heavy atom. The number of pyridine rings is 1. The molecule has 1 atom stereocenters. The maximum Gasteiger partial charge on any atom is 0.255 e. The Labute approximate surface area is 188 Å². The number of piperidine rings is 1. The van der Waals surface area contributed by atoms with E-state index < -0.39 is 0 Å².